The Morgan fingerprint density at radius 1 is 1.18 bits per heavy atom. The summed E-state index contributed by atoms with van der Waals surface area (Å²) in [5.41, 5.74) is 2.54. The van der Waals surface area contributed by atoms with Gasteiger partial charge in [-0.15, -0.1) is 0 Å². The molecule has 0 aliphatic heterocycles. The van der Waals surface area contributed by atoms with E-state index in [1.54, 1.807) is 6.07 Å². The molecule has 1 amide bonds. The lowest BCUT2D eigenvalue weighted by Crippen LogP contribution is -2.31. The Morgan fingerprint density at radius 3 is 2.64 bits per heavy atom. The normalized spacial score (nSPS) is 10.8. The maximum Gasteiger partial charge on any atom is 0.356 e. The first kappa shape index (κ1) is 15.8. The van der Waals surface area contributed by atoms with E-state index in [9.17, 15) is 13.2 Å². The molecule has 1 aromatic heterocycles. The van der Waals surface area contributed by atoms with Gasteiger partial charge in [0.1, 0.15) is 0 Å². The van der Waals surface area contributed by atoms with Crippen LogP contribution in [0.15, 0.2) is 42.7 Å². The van der Waals surface area contributed by atoms with E-state index in [0.29, 0.717) is 5.69 Å². The fraction of sp³-hybridized carbons (Fsp3) is 0.143. The molecule has 3 N–H and O–H groups in total. The molecule has 0 unspecified atom stereocenters. The van der Waals surface area contributed by atoms with E-state index in [1.165, 1.54) is 19.4 Å². The molecule has 22 heavy (non-hydrogen) atoms. The topological polar surface area (TPSA) is 100 Å². The van der Waals surface area contributed by atoms with Crippen LogP contribution >= 0.6 is 0 Å². The molecule has 0 fully saturated rings. The number of hydrogen-bond donors (Lipinski definition) is 3. The van der Waals surface area contributed by atoms with Crippen molar-refractivity contribution in [3.8, 4) is 0 Å². The Labute approximate surface area is 128 Å². The van der Waals surface area contributed by atoms with Crippen LogP contribution in [0.25, 0.3) is 0 Å². The minimum atomic E-state index is -4.17. The highest BCUT2D eigenvalue weighted by atomic mass is 32.2. The second kappa shape index (κ2) is 6.44. The molecule has 0 bridgehead atoms. The first-order chi connectivity index (χ1) is 10.4. The first-order valence-corrected chi connectivity index (χ1v) is 7.93. The zero-order valence-corrected chi connectivity index (χ0v) is 12.9. The minimum absolute atomic E-state index is 0.188. The number of benzene rings is 1. The number of hydrogen-bond acceptors (Lipinski definition) is 5. The van der Waals surface area contributed by atoms with Crippen LogP contribution in [0.5, 0.6) is 0 Å². The number of aromatic nitrogens is 1. The summed E-state index contributed by atoms with van der Waals surface area (Å²) in [6.07, 6.45) is 2.86. The van der Waals surface area contributed by atoms with Crippen molar-refractivity contribution < 1.29 is 13.2 Å². The molecule has 0 saturated carbocycles. The molecule has 0 saturated heterocycles. The van der Waals surface area contributed by atoms with Gasteiger partial charge < -0.3 is 10.6 Å². The summed E-state index contributed by atoms with van der Waals surface area (Å²) in [7, 11) is -2.92. The highest BCUT2D eigenvalue weighted by molar-refractivity contribution is 8.07. The van der Waals surface area contributed by atoms with Gasteiger partial charge in [-0.1, -0.05) is 12.1 Å². The summed E-state index contributed by atoms with van der Waals surface area (Å²) in [6.45, 7) is 1.95. The second-order valence-corrected chi connectivity index (χ2v) is 6.14. The number of carbonyl (C=O) groups excluding carboxylic acids is 1. The number of carbonyl (C=O) groups is 1. The standard InChI is InChI=1S/C14H16N4O3S/c1-10-4-3-5-11(8-10)17-12-6-7-16-9-13(12)18-22(20,21)14(19)15-2/h3-9,18H,1-2H3,(H,15,19)(H,16,17). The maximum atomic E-state index is 11.8. The van der Waals surface area contributed by atoms with Crippen molar-refractivity contribution >= 4 is 32.3 Å². The predicted octanol–water partition coefficient (Wildman–Crippen LogP) is 2.21. The molecule has 1 heterocycles. The molecule has 2 aromatic rings. The summed E-state index contributed by atoms with van der Waals surface area (Å²) in [5.74, 6) is 0. The van der Waals surface area contributed by atoms with Crippen molar-refractivity contribution in [1.82, 2.24) is 10.3 Å². The molecule has 0 aliphatic carbocycles. The Balaban J connectivity index is 2.29. The number of aryl methyl sites for hydroxylation is 1. The average Bonchev–Trinajstić information content (AvgIpc) is 2.48. The van der Waals surface area contributed by atoms with Gasteiger partial charge in [-0.2, -0.15) is 8.42 Å². The van der Waals surface area contributed by atoms with E-state index in [0.717, 1.165) is 11.3 Å². The molecule has 8 heteroatoms. The third-order valence-corrected chi connectivity index (χ3v) is 3.99. The highest BCUT2D eigenvalue weighted by Gasteiger charge is 2.21. The van der Waals surface area contributed by atoms with Crippen LogP contribution in [0.3, 0.4) is 0 Å². The van der Waals surface area contributed by atoms with Crippen LogP contribution in [0.4, 0.5) is 21.9 Å². The van der Waals surface area contributed by atoms with Crippen LogP contribution < -0.4 is 15.4 Å². The second-order valence-electron chi connectivity index (χ2n) is 4.56. The number of nitrogens with zero attached hydrogens (tertiary/aromatic N) is 1. The summed E-state index contributed by atoms with van der Waals surface area (Å²) in [6, 6.07) is 9.21. The Hall–Kier alpha value is -2.61. The van der Waals surface area contributed by atoms with Crippen molar-refractivity contribution in [3.05, 3.63) is 48.3 Å². The van der Waals surface area contributed by atoms with Crippen molar-refractivity contribution in [2.24, 2.45) is 0 Å². The molecular formula is C14H16N4O3S. The zero-order chi connectivity index (χ0) is 16.2. The van der Waals surface area contributed by atoms with E-state index in [2.05, 4.69) is 20.3 Å². The van der Waals surface area contributed by atoms with Gasteiger partial charge >= 0.3 is 15.3 Å². The molecule has 1 aromatic carbocycles. The molecule has 7 nitrogen and oxygen atoms in total. The van der Waals surface area contributed by atoms with Crippen LogP contribution in [0, 0.1) is 6.92 Å². The van der Waals surface area contributed by atoms with Crippen molar-refractivity contribution in [2.75, 3.05) is 17.1 Å². The highest BCUT2D eigenvalue weighted by Crippen LogP contribution is 2.25. The molecule has 0 spiro atoms. The van der Waals surface area contributed by atoms with Gasteiger partial charge in [0.05, 0.1) is 17.6 Å². The molecule has 2 rings (SSSR count). The summed E-state index contributed by atoms with van der Waals surface area (Å²) in [4.78, 5) is 15.2. The van der Waals surface area contributed by atoms with E-state index in [-0.39, 0.29) is 5.69 Å². The van der Waals surface area contributed by atoms with Gasteiger partial charge in [0, 0.05) is 18.9 Å². The van der Waals surface area contributed by atoms with E-state index in [1.807, 2.05) is 31.2 Å². The number of amides is 1. The van der Waals surface area contributed by atoms with Crippen LogP contribution in [-0.2, 0) is 10.0 Å². The average molecular weight is 320 g/mol. The van der Waals surface area contributed by atoms with Crippen LogP contribution in [0.1, 0.15) is 5.56 Å². The third-order valence-electron chi connectivity index (χ3n) is 2.81. The van der Waals surface area contributed by atoms with Crippen LogP contribution in [-0.4, -0.2) is 25.7 Å². The Morgan fingerprint density at radius 2 is 1.95 bits per heavy atom. The summed E-state index contributed by atoms with van der Waals surface area (Å²) < 4.78 is 25.8. The predicted molar refractivity (Wildman–Crippen MR) is 85.7 cm³/mol. The number of sulfonamides is 1. The van der Waals surface area contributed by atoms with Gasteiger partial charge in [-0.05, 0) is 30.7 Å². The zero-order valence-electron chi connectivity index (χ0n) is 12.1. The largest absolute Gasteiger partial charge is 0.356 e. The SMILES string of the molecule is CNC(=O)S(=O)(=O)Nc1cnccc1Nc1cccc(C)c1. The van der Waals surface area contributed by atoms with E-state index >= 15 is 0 Å². The van der Waals surface area contributed by atoms with Crippen LogP contribution in [0.2, 0.25) is 0 Å². The van der Waals surface area contributed by atoms with Crippen molar-refractivity contribution in [2.45, 2.75) is 6.92 Å². The lowest BCUT2D eigenvalue weighted by Gasteiger charge is -2.13. The monoisotopic (exact) mass is 320 g/mol. The Kier molecular flexibility index (Phi) is 4.62. The quantitative estimate of drug-likeness (QED) is 0.802. The number of rotatable bonds is 4. The fourth-order valence-electron chi connectivity index (χ4n) is 1.79. The smallest absolute Gasteiger partial charge is 0.354 e. The van der Waals surface area contributed by atoms with Gasteiger partial charge in [0.2, 0.25) is 0 Å². The van der Waals surface area contributed by atoms with Crippen molar-refractivity contribution in [3.63, 3.8) is 0 Å². The third kappa shape index (κ3) is 3.73. The van der Waals surface area contributed by atoms with Gasteiger partial charge in [0.15, 0.2) is 0 Å². The van der Waals surface area contributed by atoms with E-state index < -0.39 is 15.3 Å². The lowest BCUT2D eigenvalue weighted by molar-refractivity contribution is 0.260. The van der Waals surface area contributed by atoms with Crippen molar-refractivity contribution in [1.29, 1.82) is 0 Å². The van der Waals surface area contributed by atoms with E-state index in [4.69, 9.17) is 0 Å². The van der Waals surface area contributed by atoms with Gasteiger partial charge in [-0.3, -0.25) is 14.5 Å². The molecule has 0 aliphatic rings. The summed E-state index contributed by atoms with van der Waals surface area (Å²) >= 11 is 0. The number of pyridine rings is 1. The fourth-order valence-corrected chi connectivity index (χ4v) is 2.60. The van der Waals surface area contributed by atoms with Gasteiger partial charge in [-0.25, -0.2) is 0 Å². The maximum absolute atomic E-state index is 11.8. The molecule has 0 radical (unpaired) electrons. The number of nitrogens with one attached hydrogen (secondary N) is 3. The summed E-state index contributed by atoms with van der Waals surface area (Å²) in [5, 5.41) is 4.05. The lowest BCUT2D eigenvalue weighted by atomic mass is 10.2. The molecular weight excluding hydrogens is 304 g/mol. The molecule has 116 valence electrons. The number of anilines is 3. The molecule has 0 atom stereocenters. The minimum Gasteiger partial charge on any atom is -0.354 e. The Bertz CT molecular complexity index is 790. The first-order valence-electron chi connectivity index (χ1n) is 6.44. The van der Waals surface area contributed by atoms with Gasteiger partial charge in [0.25, 0.3) is 0 Å².